The number of ketones is 1. The van der Waals surface area contributed by atoms with Crippen molar-refractivity contribution in [2.45, 2.75) is 24.5 Å². The molecule has 1 atom stereocenters. The molecule has 2 N–H and O–H groups in total. The Hall–Kier alpha value is -2.39. The highest BCUT2D eigenvalue weighted by Gasteiger charge is 2.37. The van der Waals surface area contributed by atoms with Crippen molar-refractivity contribution in [3.8, 4) is 0 Å². The molecule has 1 aliphatic carbocycles. The molecule has 3 rings (SSSR count). The maximum atomic E-state index is 14.2. The topological polar surface area (TPSA) is 118 Å². The second kappa shape index (κ2) is 6.25. The molecule has 24 heavy (non-hydrogen) atoms. The normalized spacial score (nSPS) is 15.2. The second-order valence-corrected chi connectivity index (χ2v) is 6.39. The lowest BCUT2D eigenvalue weighted by atomic mass is 9.98. The molecule has 9 heteroatoms. The fourth-order valence-electron chi connectivity index (χ4n) is 2.40. The van der Waals surface area contributed by atoms with E-state index in [1.165, 1.54) is 6.07 Å². The van der Waals surface area contributed by atoms with Gasteiger partial charge in [0.05, 0.1) is 11.3 Å². The molecule has 0 radical (unpaired) electrons. The number of nitrogens with zero attached hydrogens (tertiary/aromatic N) is 1. The van der Waals surface area contributed by atoms with Gasteiger partial charge in [-0.3, -0.25) is 4.79 Å². The average molecular weight is 353 g/mol. The van der Waals surface area contributed by atoms with Gasteiger partial charge in [-0.05, 0) is 30.5 Å². The van der Waals surface area contributed by atoms with Gasteiger partial charge in [-0.2, -0.15) is 0 Å². The third-order valence-corrected chi connectivity index (χ3v) is 4.24. The van der Waals surface area contributed by atoms with Crippen molar-refractivity contribution in [3.63, 3.8) is 0 Å². The Balaban J connectivity index is 2.02. The Labute approximate surface area is 137 Å². The SMILES string of the molecule is O=C(O)c1noc(C2CC2)c1C(=O)c1ccc(CS(=O)O)cc1F. The van der Waals surface area contributed by atoms with Gasteiger partial charge < -0.3 is 14.2 Å². The van der Waals surface area contributed by atoms with Crippen LogP contribution in [0.15, 0.2) is 22.7 Å². The van der Waals surface area contributed by atoms with Gasteiger partial charge in [0.15, 0.2) is 16.8 Å². The molecule has 7 nitrogen and oxygen atoms in total. The molecule has 1 aliphatic rings. The first-order valence-corrected chi connectivity index (χ1v) is 8.29. The number of carboxylic acids is 1. The maximum Gasteiger partial charge on any atom is 0.358 e. The summed E-state index contributed by atoms with van der Waals surface area (Å²) >= 11 is -2.14. The molecule has 0 saturated heterocycles. The maximum absolute atomic E-state index is 14.2. The molecule has 126 valence electrons. The highest BCUT2D eigenvalue weighted by molar-refractivity contribution is 7.78. The van der Waals surface area contributed by atoms with E-state index in [1.807, 2.05) is 0 Å². The van der Waals surface area contributed by atoms with Gasteiger partial charge in [-0.25, -0.2) is 13.4 Å². The molecule has 1 fully saturated rings. The first-order chi connectivity index (χ1) is 11.4. The minimum absolute atomic E-state index is 0.0799. The van der Waals surface area contributed by atoms with Crippen LogP contribution in [-0.4, -0.2) is 30.8 Å². The zero-order valence-corrected chi connectivity index (χ0v) is 13.0. The van der Waals surface area contributed by atoms with Crippen LogP contribution < -0.4 is 0 Å². The van der Waals surface area contributed by atoms with Crippen molar-refractivity contribution in [2.75, 3.05) is 0 Å². The lowest BCUT2D eigenvalue weighted by Gasteiger charge is -2.05. The monoisotopic (exact) mass is 353 g/mol. The van der Waals surface area contributed by atoms with Crippen LogP contribution in [-0.2, 0) is 16.8 Å². The Morgan fingerprint density at radius 1 is 1.38 bits per heavy atom. The number of carbonyl (C=O) groups excluding carboxylic acids is 1. The van der Waals surface area contributed by atoms with Crippen LogP contribution in [0.4, 0.5) is 4.39 Å². The molecule has 1 saturated carbocycles. The molecule has 1 unspecified atom stereocenters. The number of aromatic carboxylic acids is 1. The summed E-state index contributed by atoms with van der Waals surface area (Å²) in [6, 6.07) is 3.48. The third kappa shape index (κ3) is 3.13. The number of carbonyl (C=O) groups is 2. The number of hydrogen-bond acceptors (Lipinski definition) is 5. The van der Waals surface area contributed by atoms with E-state index in [2.05, 4.69) is 5.16 Å². The van der Waals surface area contributed by atoms with Gasteiger partial charge in [0.25, 0.3) is 0 Å². The smallest absolute Gasteiger partial charge is 0.358 e. The van der Waals surface area contributed by atoms with Gasteiger partial charge in [0.2, 0.25) is 11.5 Å². The van der Waals surface area contributed by atoms with Crippen molar-refractivity contribution >= 4 is 22.8 Å². The van der Waals surface area contributed by atoms with Crippen LogP contribution in [0, 0.1) is 5.82 Å². The van der Waals surface area contributed by atoms with Crippen molar-refractivity contribution in [1.82, 2.24) is 5.16 Å². The Kier molecular flexibility index (Phi) is 4.29. The predicted octanol–water partition coefficient (Wildman–Crippen LogP) is 2.34. The van der Waals surface area contributed by atoms with Gasteiger partial charge in [0, 0.05) is 5.92 Å². The Bertz CT molecular complexity index is 858. The van der Waals surface area contributed by atoms with Crippen LogP contribution in [0.25, 0.3) is 0 Å². The van der Waals surface area contributed by atoms with E-state index in [0.29, 0.717) is 0 Å². The lowest BCUT2D eigenvalue weighted by Crippen LogP contribution is -2.12. The molecule has 0 aliphatic heterocycles. The first-order valence-electron chi connectivity index (χ1n) is 7.02. The Morgan fingerprint density at radius 3 is 2.62 bits per heavy atom. The summed E-state index contributed by atoms with van der Waals surface area (Å²) < 4.78 is 38.8. The van der Waals surface area contributed by atoms with E-state index >= 15 is 0 Å². The van der Waals surface area contributed by atoms with Crippen LogP contribution in [0.1, 0.15) is 56.5 Å². The van der Waals surface area contributed by atoms with Crippen molar-refractivity contribution in [2.24, 2.45) is 0 Å². The molecular formula is C15H12FNO6S. The van der Waals surface area contributed by atoms with Gasteiger partial charge in [-0.15, -0.1) is 0 Å². The molecule has 1 heterocycles. The average Bonchev–Trinajstić information content (AvgIpc) is 3.24. The summed E-state index contributed by atoms with van der Waals surface area (Å²) in [6.45, 7) is 0. The minimum Gasteiger partial charge on any atom is -0.476 e. The van der Waals surface area contributed by atoms with Crippen LogP contribution in [0.3, 0.4) is 0 Å². The zero-order chi connectivity index (χ0) is 17.4. The summed E-state index contributed by atoms with van der Waals surface area (Å²) in [6.07, 6.45) is 1.50. The third-order valence-electron chi connectivity index (χ3n) is 3.66. The largest absolute Gasteiger partial charge is 0.476 e. The molecular weight excluding hydrogens is 341 g/mol. The van der Waals surface area contributed by atoms with E-state index < -0.39 is 34.3 Å². The first kappa shape index (κ1) is 16.5. The van der Waals surface area contributed by atoms with E-state index in [1.54, 1.807) is 0 Å². The fourth-order valence-corrected chi connectivity index (χ4v) is 2.87. The van der Waals surface area contributed by atoms with Gasteiger partial charge in [-0.1, -0.05) is 11.2 Å². The fraction of sp³-hybridized carbons (Fsp3) is 0.267. The summed E-state index contributed by atoms with van der Waals surface area (Å²) in [7, 11) is 0. The predicted molar refractivity (Wildman–Crippen MR) is 79.7 cm³/mol. The number of aromatic nitrogens is 1. The molecule has 0 spiro atoms. The standard InChI is InChI=1S/C15H12FNO6S/c16-10-5-7(6-24(21)22)1-4-9(10)13(18)11-12(15(19)20)17-23-14(11)8-2-3-8/h1,4-5,8H,2-3,6H2,(H,19,20)(H,21,22). The zero-order valence-electron chi connectivity index (χ0n) is 12.2. The van der Waals surface area contributed by atoms with Crippen molar-refractivity contribution < 1.29 is 32.4 Å². The number of benzene rings is 1. The number of hydrogen-bond donors (Lipinski definition) is 2. The van der Waals surface area contributed by atoms with E-state index in [9.17, 15) is 18.2 Å². The van der Waals surface area contributed by atoms with Crippen LogP contribution >= 0.6 is 0 Å². The van der Waals surface area contributed by atoms with Crippen molar-refractivity contribution in [3.05, 3.63) is 52.2 Å². The molecule has 0 bridgehead atoms. The number of carboxylic acid groups (broad SMARTS) is 1. The molecule has 1 aromatic carbocycles. The van der Waals surface area contributed by atoms with E-state index in [0.717, 1.165) is 25.0 Å². The van der Waals surface area contributed by atoms with Gasteiger partial charge >= 0.3 is 5.97 Å². The molecule has 2 aromatic rings. The van der Waals surface area contributed by atoms with E-state index in [4.69, 9.17) is 14.2 Å². The summed E-state index contributed by atoms with van der Waals surface area (Å²) in [5, 5.41) is 12.6. The summed E-state index contributed by atoms with van der Waals surface area (Å²) in [4.78, 5) is 23.9. The second-order valence-electron chi connectivity index (χ2n) is 5.46. The minimum atomic E-state index is -2.14. The number of rotatable bonds is 6. The number of halogens is 1. The lowest BCUT2D eigenvalue weighted by molar-refractivity contribution is 0.0682. The van der Waals surface area contributed by atoms with Crippen molar-refractivity contribution in [1.29, 1.82) is 0 Å². The highest BCUT2D eigenvalue weighted by Crippen LogP contribution is 2.43. The van der Waals surface area contributed by atoms with E-state index in [-0.39, 0.29) is 34.1 Å². The Morgan fingerprint density at radius 2 is 2.08 bits per heavy atom. The van der Waals surface area contributed by atoms with Crippen LogP contribution in [0.2, 0.25) is 0 Å². The van der Waals surface area contributed by atoms with Gasteiger partial charge in [0.1, 0.15) is 11.4 Å². The molecule has 0 amide bonds. The summed E-state index contributed by atoms with van der Waals surface area (Å²) in [5.41, 5.74) is -0.865. The van der Waals surface area contributed by atoms with Crippen LogP contribution in [0.5, 0.6) is 0 Å². The summed E-state index contributed by atoms with van der Waals surface area (Å²) in [5.74, 6) is -3.35. The quantitative estimate of drug-likeness (QED) is 0.604. The molecule has 1 aromatic heterocycles. The highest BCUT2D eigenvalue weighted by atomic mass is 32.2.